The maximum Gasteiger partial charge on any atom is 0.325 e. The molecule has 6 nitrogen and oxygen atoms in total. The van der Waals surface area contributed by atoms with Crippen LogP contribution in [0.3, 0.4) is 0 Å². The lowest BCUT2D eigenvalue weighted by Gasteiger charge is -2.21. The number of carbonyl (C=O) groups excluding carboxylic acids is 2. The third-order valence-corrected chi connectivity index (χ3v) is 2.75. The molecular weight excluding hydrogens is 258 g/mol. The molecule has 0 fully saturated rings. The van der Waals surface area contributed by atoms with Crippen molar-refractivity contribution in [2.24, 2.45) is 0 Å². The third-order valence-electron chi connectivity index (χ3n) is 2.75. The van der Waals surface area contributed by atoms with E-state index in [1.54, 1.807) is 32.2 Å². The summed E-state index contributed by atoms with van der Waals surface area (Å²) in [5, 5.41) is 0. The first-order chi connectivity index (χ1) is 9.36. The van der Waals surface area contributed by atoms with Gasteiger partial charge in [-0.3, -0.25) is 9.59 Å². The molecule has 0 atom stereocenters. The van der Waals surface area contributed by atoms with Gasteiger partial charge in [-0.05, 0) is 25.1 Å². The van der Waals surface area contributed by atoms with Crippen LogP contribution in [0.1, 0.15) is 17.3 Å². The number of nitrogens with zero attached hydrogens (tertiary/aromatic N) is 2. The van der Waals surface area contributed by atoms with Crippen LogP contribution in [0.2, 0.25) is 0 Å². The summed E-state index contributed by atoms with van der Waals surface area (Å²) >= 11 is 0. The zero-order valence-electron chi connectivity index (χ0n) is 12.3. The van der Waals surface area contributed by atoms with E-state index in [4.69, 9.17) is 10.5 Å². The van der Waals surface area contributed by atoms with Gasteiger partial charge in [-0.15, -0.1) is 0 Å². The SMILES string of the molecule is CCOC(=O)CN(C)C(=O)c1cc(N)ccc1N(C)C. The molecular formula is C14H21N3O3. The van der Waals surface area contributed by atoms with E-state index < -0.39 is 5.97 Å². The number of nitrogen functional groups attached to an aromatic ring is 1. The second kappa shape index (κ2) is 6.79. The molecule has 0 spiro atoms. The summed E-state index contributed by atoms with van der Waals surface area (Å²) in [4.78, 5) is 27.0. The van der Waals surface area contributed by atoms with Gasteiger partial charge in [0.25, 0.3) is 5.91 Å². The Morgan fingerprint density at radius 1 is 1.25 bits per heavy atom. The van der Waals surface area contributed by atoms with Crippen molar-refractivity contribution >= 4 is 23.3 Å². The molecule has 0 aromatic heterocycles. The quantitative estimate of drug-likeness (QED) is 0.642. The maximum atomic E-state index is 12.4. The number of hydrogen-bond acceptors (Lipinski definition) is 5. The molecule has 0 aliphatic heterocycles. The van der Waals surface area contributed by atoms with Crippen molar-refractivity contribution in [3.63, 3.8) is 0 Å². The molecule has 20 heavy (non-hydrogen) atoms. The number of esters is 1. The molecule has 1 amide bonds. The van der Waals surface area contributed by atoms with Gasteiger partial charge in [0, 0.05) is 32.5 Å². The van der Waals surface area contributed by atoms with E-state index in [-0.39, 0.29) is 12.5 Å². The van der Waals surface area contributed by atoms with Crippen molar-refractivity contribution in [1.82, 2.24) is 4.90 Å². The van der Waals surface area contributed by atoms with Crippen LogP contribution in [-0.2, 0) is 9.53 Å². The Morgan fingerprint density at radius 3 is 2.45 bits per heavy atom. The predicted octanol–water partition coefficient (Wildman–Crippen LogP) is 0.970. The minimum Gasteiger partial charge on any atom is -0.465 e. The molecule has 0 saturated carbocycles. The Labute approximate surface area is 119 Å². The second-order valence-electron chi connectivity index (χ2n) is 4.64. The van der Waals surface area contributed by atoms with Crippen LogP contribution in [0, 0.1) is 0 Å². The number of carbonyl (C=O) groups is 2. The second-order valence-corrected chi connectivity index (χ2v) is 4.64. The average Bonchev–Trinajstić information content (AvgIpc) is 2.37. The highest BCUT2D eigenvalue weighted by Gasteiger charge is 2.19. The molecule has 0 aliphatic carbocycles. The third kappa shape index (κ3) is 3.88. The molecule has 6 heteroatoms. The van der Waals surface area contributed by atoms with Gasteiger partial charge in [0.15, 0.2) is 0 Å². The highest BCUT2D eigenvalue weighted by molar-refractivity contribution is 6.01. The average molecular weight is 279 g/mol. The first kappa shape index (κ1) is 15.8. The molecule has 0 radical (unpaired) electrons. The summed E-state index contributed by atoms with van der Waals surface area (Å²) in [5.74, 6) is -0.701. The molecule has 0 saturated heterocycles. The monoisotopic (exact) mass is 279 g/mol. The summed E-state index contributed by atoms with van der Waals surface area (Å²) in [7, 11) is 5.24. The van der Waals surface area contributed by atoms with E-state index in [0.717, 1.165) is 5.69 Å². The smallest absolute Gasteiger partial charge is 0.325 e. The van der Waals surface area contributed by atoms with Crippen molar-refractivity contribution in [3.05, 3.63) is 23.8 Å². The zero-order valence-corrected chi connectivity index (χ0v) is 12.3. The van der Waals surface area contributed by atoms with Crippen molar-refractivity contribution in [2.75, 3.05) is 44.9 Å². The molecule has 0 bridgehead atoms. The van der Waals surface area contributed by atoms with Crippen molar-refractivity contribution in [2.45, 2.75) is 6.92 Å². The van der Waals surface area contributed by atoms with Gasteiger partial charge < -0.3 is 20.3 Å². The maximum absolute atomic E-state index is 12.4. The minimum atomic E-state index is -0.432. The number of hydrogen-bond donors (Lipinski definition) is 1. The molecule has 1 aromatic rings. The molecule has 0 heterocycles. The highest BCUT2D eigenvalue weighted by atomic mass is 16.5. The van der Waals surface area contributed by atoms with Crippen LogP contribution in [0.15, 0.2) is 18.2 Å². The fourth-order valence-corrected chi connectivity index (χ4v) is 1.79. The predicted molar refractivity (Wildman–Crippen MR) is 78.8 cm³/mol. The van der Waals surface area contributed by atoms with Gasteiger partial charge in [-0.2, -0.15) is 0 Å². The van der Waals surface area contributed by atoms with Gasteiger partial charge in [0.2, 0.25) is 0 Å². The summed E-state index contributed by atoms with van der Waals surface area (Å²) in [5.41, 5.74) is 7.45. The largest absolute Gasteiger partial charge is 0.465 e. The normalized spacial score (nSPS) is 10.0. The van der Waals surface area contributed by atoms with E-state index in [9.17, 15) is 9.59 Å². The molecule has 2 N–H and O–H groups in total. The first-order valence-electron chi connectivity index (χ1n) is 6.34. The van der Waals surface area contributed by atoms with Gasteiger partial charge in [0.05, 0.1) is 12.2 Å². The van der Waals surface area contributed by atoms with Crippen LogP contribution in [0.5, 0.6) is 0 Å². The molecule has 0 aliphatic rings. The molecule has 0 unspecified atom stereocenters. The Kier molecular flexibility index (Phi) is 5.37. The Balaban J connectivity index is 2.96. The van der Waals surface area contributed by atoms with E-state index in [1.807, 2.05) is 19.0 Å². The van der Waals surface area contributed by atoms with Crippen LogP contribution in [-0.4, -0.2) is 51.1 Å². The standard InChI is InChI=1S/C14H21N3O3/c1-5-20-13(18)9-17(4)14(19)11-8-10(15)6-7-12(11)16(2)3/h6-8H,5,9,15H2,1-4H3. The summed E-state index contributed by atoms with van der Waals surface area (Å²) < 4.78 is 4.83. The number of anilines is 2. The fraction of sp³-hybridized carbons (Fsp3) is 0.429. The number of likely N-dealkylation sites (N-methyl/N-ethyl adjacent to an activating group) is 1. The van der Waals surface area contributed by atoms with Gasteiger partial charge in [0.1, 0.15) is 6.54 Å². The van der Waals surface area contributed by atoms with Gasteiger partial charge >= 0.3 is 5.97 Å². The lowest BCUT2D eigenvalue weighted by Crippen LogP contribution is -2.34. The number of amides is 1. The molecule has 1 aromatic carbocycles. The first-order valence-corrected chi connectivity index (χ1v) is 6.34. The van der Waals surface area contributed by atoms with Gasteiger partial charge in [-0.25, -0.2) is 0 Å². The van der Waals surface area contributed by atoms with Crippen molar-refractivity contribution < 1.29 is 14.3 Å². The lowest BCUT2D eigenvalue weighted by molar-refractivity contribution is -0.143. The Morgan fingerprint density at radius 2 is 1.90 bits per heavy atom. The molecule has 110 valence electrons. The van der Waals surface area contributed by atoms with Crippen LogP contribution < -0.4 is 10.6 Å². The van der Waals surface area contributed by atoms with E-state index in [0.29, 0.717) is 17.9 Å². The van der Waals surface area contributed by atoms with Crippen LogP contribution >= 0.6 is 0 Å². The van der Waals surface area contributed by atoms with E-state index in [1.165, 1.54) is 4.90 Å². The van der Waals surface area contributed by atoms with Crippen LogP contribution in [0.25, 0.3) is 0 Å². The van der Waals surface area contributed by atoms with Gasteiger partial charge in [-0.1, -0.05) is 0 Å². The van der Waals surface area contributed by atoms with Crippen LogP contribution in [0.4, 0.5) is 11.4 Å². The van der Waals surface area contributed by atoms with Crippen molar-refractivity contribution in [3.8, 4) is 0 Å². The Hall–Kier alpha value is -2.24. The summed E-state index contributed by atoms with van der Waals surface area (Å²) in [6.45, 7) is 1.93. The lowest BCUT2D eigenvalue weighted by atomic mass is 10.1. The number of benzene rings is 1. The minimum absolute atomic E-state index is 0.0889. The Bertz CT molecular complexity index is 500. The summed E-state index contributed by atoms with van der Waals surface area (Å²) in [6, 6.07) is 5.12. The summed E-state index contributed by atoms with van der Waals surface area (Å²) in [6.07, 6.45) is 0. The number of ether oxygens (including phenoxy) is 1. The fourth-order valence-electron chi connectivity index (χ4n) is 1.79. The highest BCUT2D eigenvalue weighted by Crippen LogP contribution is 2.22. The van der Waals surface area contributed by atoms with E-state index in [2.05, 4.69) is 0 Å². The number of nitrogens with two attached hydrogens (primary N) is 1. The topological polar surface area (TPSA) is 75.9 Å². The number of rotatable bonds is 5. The van der Waals surface area contributed by atoms with E-state index >= 15 is 0 Å². The zero-order chi connectivity index (χ0) is 15.3. The van der Waals surface area contributed by atoms with Crippen molar-refractivity contribution in [1.29, 1.82) is 0 Å². The molecule has 1 rings (SSSR count).